The van der Waals surface area contributed by atoms with Gasteiger partial charge in [-0.05, 0) is 44.0 Å². The first-order chi connectivity index (χ1) is 9.12. The number of hydrogen-bond donors (Lipinski definition) is 2. The molecule has 0 bridgehead atoms. The van der Waals surface area contributed by atoms with Crippen LogP contribution < -0.4 is 11.3 Å². The fraction of sp³-hybridized carbons (Fsp3) is 0.538. The maximum atomic E-state index is 13.6. The summed E-state index contributed by atoms with van der Waals surface area (Å²) in [6, 6.07) is 2.85. The van der Waals surface area contributed by atoms with Gasteiger partial charge in [0.2, 0.25) is 0 Å². The summed E-state index contributed by atoms with van der Waals surface area (Å²) in [5.74, 6) is 4.48. The molecule has 1 aromatic carbocycles. The van der Waals surface area contributed by atoms with E-state index in [0.29, 0.717) is 13.2 Å². The Hall–Kier alpha value is -1.08. The molecule has 1 unspecified atom stereocenters. The molecule has 0 spiro atoms. The first-order valence-electron chi connectivity index (χ1n) is 6.25. The highest BCUT2D eigenvalue weighted by Crippen LogP contribution is 2.14. The van der Waals surface area contributed by atoms with Crippen molar-refractivity contribution in [2.24, 2.45) is 5.84 Å². The summed E-state index contributed by atoms with van der Waals surface area (Å²) < 4.78 is 37.5. The summed E-state index contributed by atoms with van der Waals surface area (Å²) in [5.41, 5.74) is 2.76. The number of ether oxygens (including phenoxy) is 2. The molecule has 0 aliphatic rings. The average molecular weight is 274 g/mol. The molecule has 0 aliphatic heterocycles. The van der Waals surface area contributed by atoms with Crippen molar-refractivity contribution < 1.29 is 18.3 Å². The predicted molar refractivity (Wildman–Crippen MR) is 68.2 cm³/mol. The lowest BCUT2D eigenvalue weighted by atomic mass is 10.1. The van der Waals surface area contributed by atoms with E-state index in [1.165, 1.54) is 0 Å². The van der Waals surface area contributed by atoms with Crippen molar-refractivity contribution >= 4 is 0 Å². The van der Waals surface area contributed by atoms with Crippen LogP contribution in [0.15, 0.2) is 18.2 Å². The lowest BCUT2D eigenvalue weighted by Gasteiger charge is -2.26. The van der Waals surface area contributed by atoms with Crippen LogP contribution in [-0.2, 0) is 15.9 Å². The number of hydrazine groups is 1. The van der Waals surface area contributed by atoms with Crippen molar-refractivity contribution in [2.75, 3.05) is 13.2 Å². The van der Waals surface area contributed by atoms with Crippen LogP contribution in [0.5, 0.6) is 0 Å². The third-order valence-corrected chi connectivity index (χ3v) is 2.65. The van der Waals surface area contributed by atoms with Gasteiger partial charge in [0, 0.05) is 13.2 Å². The molecule has 4 nitrogen and oxygen atoms in total. The van der Waals surface area contributed by atoms with Gasteiger partial charge in [-0.15, -0.1) is 0 Å². The number of hydrogen-bond acceptors (Lipinski definition) is 4. The van der Waals surface area contributed by atoms with Crippen LogP contribution in [0.1, 0.15) is 19.4 Å². The molecule has 1 atom stereocenters. The van der Waals surface area contributed by atoms with Gasteiger partial charge in [-0.3, -0.25) is 11.3 Å². The molecule has 0 radical (unpaired) electrons. The van der Waals surface area contributed by atoms with Gasteiger partial charge < -0.3 is 9.47 Å². The Balaban J connectivity index is 2.81. The lowest BCUT2D eigenvalue weighted by Crippen LogP contribution is -2.48. The van der Waals surface area contributed by atoms with E-state index in [1.54, 1.807) is 0 Å². The average Bonchev–Trinajstić information content (AvgIpc) is 2.39. The molecule has 6 heteroatoms. The van der Waals surface area contributed by atoms with E-state index in [-0.39, 0.29) is 12.0 Å². The molecule has 0 saturated heterocycles. The molecule has 3 N–H and O–H groups in total. The maximum Gasteiger partial charge on any atom is 0.174 e. The molecule has 1 rings (SSSR count). The van der Waals surface area contributed by atoms with Crippen molar-refractivity contribution in [3.8, 4) is 0 Å². The van der Waals surface area contributed by atoms with Crippen molar-refractivity contribution in [2.45, 2.75) is 32.6 Å². The minimum Gasteiger partial charge on any atom is -0.351 e. The van der Waals surface area contributed by atoms with E-state index in [9.17, 15) is 8.78 Å². The highest BCUT2D eigenvalue weighted by molar-refractivity contribution is 5.20. The Morgan fingerprint density at radius 2 is 1.84 bits per heavy atom. The third-order valence-electron chi connectivity index (χ3n) is 2.65. The molecule has 0 fully saturated rings. The lowest BCUT2D eigenvalue weighted by molar-refractivity contribution is -0.153. The Bertz CT molecular complexity index is 385. The molecular formula is C13H20F2N2O2. The molecular weight excluding hydrogens is 254 g/mol. The number of nitrogens with one attached hydrogen (secondary N) is 1. The largest absolute Gasteiger partial charge is 0.351 e. The van der Waals surface area contributed by atoms with Gasteiger partial charge in [0.1, 0.15) is 11.6 Å². The fourth-order valence-corrected chi connectivity index (χ4v) is 1.78. The summed E-state index contributed by atoms with van der Waals surface area (Å²) >= 11 is 0. The quantitative estimate of drug-likeness (QED) is 0.431. The van der Waals surface area contributed by atoms with Gasteiger partial charge in [-0.1, -0.05) is 0 Å². The Morgan fingerprint density at radius 1 is 1.21 bits per heavy atom. The zero-order valence-electron chi connectivity index (χ0n) is 11.2. The van der Waals surface area contributed by atoms with Gasteiger partial charge in [-0.2, -0.15) is 0 Å². The predicted octanol–water partition coefficient (Wildman–Crippen LogP) is 1.74. The first kappa shape index (κ1) is 16.0. The van der Waals surface area contributed by atoms with Crippen LogP contribution in [0.2, 0.25) is 0 Å². The normalized spacial score (nSPS) is 12.9. The SMILES string of the molecule is CCOC(OCC)C(Cc1cc(F)ccc1F)NN. The van der Waals surface area contributed by atoms with E-state index in [0.717, 1.165) is 18.2 Å². The molecule has 0 aliphatic carbocycles. The van der Waals surface area contributed by atoms with Crippen molar-refractivity contribution in [1.82, 2.24) is 5.43 Å². The van der Waals surface area contributed by atoms with Crippen LogP contribution in [0.3, 0.4) is 0 Å². The van der Waals surface area contributed by atoms with Crippen LogP contribution >= 0.6 is 0 Å². The van der Waals surface area contributed by atoms with Crippen molar-refractivity contribution in [3.05, 3.63) is 35.4 Å². The number of nitrogens with two attached hydrogens (primary N) is 1. The molecule has 108 valence electrons. The standard InChI is InChI=1S/C13H20F2N2O2/c1-3-18-13(19-4-2)12(17-16)8-9-7-10(14)5-6-11(9)15/h5-7,12-13,17H,3-4,8,16H2,1-2H3. The van der Waals surface area contributed by atoms with E-state index < -0.39 is 24.0 Å². The summed E-state index contributed by atoms with van der Waals surface area (Å²) in [7, 11) is 0. The van der Waals surface area contributed by atoms with Crippen molar-refractivity contribution in [3.63, 3.8) is 0 Å². The van der Waals surface area contributed by atoms with Gasteiger partial charge >= 0.3 is 0 Å². The van der Waals surface area contributed by atoms with Crippen molar-refractivity contribution in [1.29, 1.82) is 0 Å². The van der Waals surface area contributed by atoms with E-state index >= 15 is 0 Å². The molecule has 19 heavy (non-hydrogen) atoms. The van der Waals surface area contributed by atoms with Crippen LogP contribution in [-0.4, -0.2) is 25.5 Å². The molecule has 0 heterocycles. The van der Waals surface area contributed by atoms with Gasteiger partial charge in [0.15, 0.2) is 6.29 Å². The van der Waals surface area contributed by atoms with E-state index in [1.807, 2.05) is 13.8 Å². The summed E-state index contributed by atoms with van der Waals surface area (Å²) in [5, 5.41) is 0. The Morgan fingerprint density at radius 3 is 2.37 bits per heavy atom. The van der Waals surface area contributed by atoms with Crippen LogP contribution in [0.4, 0.5) is 8.78 Å². The molecule has 0 amide bonds. The summed E-state index contributed by atoms with van der Waals surface area (Å²) in [6.07, 6.45) is -0.437. The summed E-state index contributed by atoms with van der Waals surface area (Å²) in [6.45, 7) is 4.52. The Labute approximate surface area is 111 Å². The second-order valence-corrected chi connectivity index (χ2v) is 3.99. The highest BCUT2D eigenvalue weighted by Gasteiger charge is 2.23. The molecule has 0 aromatic heterocycles. The smallest absolute Gasteiger partial charge is 0.174 e. The topological polar surface area (TPSA) is 56.5 Å². The third kappa shape index (κ3) is 4.83. The number of halogens is 2. The number of rotatable bonds is 8. The van der Waals surface area contributed by atoms with Crippen LogP contribution in [0.25, 0.3) is 0 Å². The van der Waals surface area contributed by atoms with Gasteiger partial charge in [0.05, 0.1) is 6.04 Å². The highest BCUT2D eigenvalue weighted by atomic mass is 19.1. The number of benzene rings is 1. The van der Waals surface area contributed by atoms with E-state index in [4.69, 9.17) is 15.3 Å². The Kier molecular flexibility index (Phi) is 6.86. The summed E-state index contributed by atoms with van der Waals surface area (Å²) in [4.78, 5) is 0. The minimum atomic E-state index is -0.609. The zero-order valence-corrected chi connectivity index (χ0v) is 11.2. The maximum absolute atomic E-state index is 13.6. The van der Waals surface area contributed by atoms with Crippen LogP contribution in [0, 0.1) is 11.6 Å². The first-order valence-corrected chi connectivity index (χ1v) is 6.25. The second kappa shape index (κ2) is 8.16. The fourth-order valence-electron chi connectivity index (χ4n) is 1.78. The molecule has 0 saturated carbocycles. The second-order valence-electron chi connectivity index (χ2n) is 3.99. The van der Waals surface area contributed by atoms with Gasteiger partial charge in [-0.25, -0.2) is 8.78 Å². The monoisotopic (exact) mass is 274 g/mol. The zero-order chi connectivity index (χ0) is 14.3. The molecule has 1 aromatic rings. The van der Waals surface area contributed by atoms with Gasteiger partial charge in [0.25, 0.3) is 0 Å². The van der Waals surface area contributed by atoms with E-state index in [2.05, 4.69) is 5.43 Å². The minimum absolute atomic E-state index is 0.171.